The maximum absolute atomic E-state index is 10.3. The Labute approximate surface area is 112 Å². The lowest BCUT2D eigenvalue weighted by molar-refractivity contribution is 0.178. The summed E-state index contributed by atoms with van der Waals surface area (Å²) in [5.74, 6) is 0. The first-order valence-electron chi connectivity index (χ1n) is 5.92. The Morgan fingerprint density at radius 2 is 2.00 bits per heavy atom. The van der Waals surface area contributed by atoms with Gasteiger partial charge in [0.25, 0.3) is 0 Å². The first-order valence-corrected chi connectivity index (χ1v) is 6.30. The summed E-state index contributed by atoms with van der Waals surface area (Å²) in [6, 6.07) is 7.39. The number of hydrogen-bond acceptors (Lipinski definition) is 2. The molecule has 1 aromatic heterocycles. The van der Waals surface area contributed by atoms with E-state index in [9.17, 15) is 5.11 Å². The molecule has 0 aliphatic rings. The van der Waals surface area contributed by atoms with Crippen LogP contribution in [0.3, 0.4) is 0 Å². The highest BCUT2D eigenvalue weighted by Gasteiger charge is 2.17. The van der Waals surface area contributed by atoms with Gasteiger partial charge in [0.1, 0.15) is 0 Å². The number of aryl methyl sites for hydroxylation is 2. The predicted octanol–water partition coefficient (Wildman–Crippen LogP) is 2.97. The molecule has 0 radical (unpaired) electrons. The Bertz CT molecular complexity index is 563. The molecule has 4 heteroatoms. The molecular formula is C14H17ClN2O. The number of rotatable bonds is 3. The van der Waals surface area contributed by atoms with Crippen LogP contribution in [0, 0.1) is 13.8 Å². The monoisotopic (exact) mass is 264 g/mol. The minimum Gasteiger partial charge on any atom is -0.388 e. The van der Waals surface area contributed by atoms with Crippen LogP contribution in [0.5, 0.6) is 0 Å². The summed E-state index contributed by atoms with van der Waals surface area (Å²) < 4.78 is 1.84. The van der Waals surface area contributed by atoms with E-state index in [2.05, 4.69) is 5.10 Å². The van der Waals surface area contributed by atoms with Crippen LogP contribution in [0.25, 0.3) is 0 Å². The molecule has 0 saturated heterocycles. The molecule has 0 amide bonds. The number of aliphatic hydroxyl groups is 1. The van der Waals surface area contributed by atoms with Gasteiger partial charge in [-0.1, -0.05) is 29.8 Å². The second kappa shape index (κ2) is 5.12. The lowest BCUT2D eigenvalue weighted by Crippen LogP contribution is -2.04. The first-order chi connectivity index (χ1) is 8.50. The largest absolute Gasteiger partial charge is 0.388 e. The topological polar surface area (TPSA) is 38.0 Å². The van der Waals surface area contributed by atoms with Gasteiger partial charge in [-0.2, -0.15) is 5.10 Å². The fourth-order valence-corrected chi connectivity index (χ4v) is 2.42. The number of halogens is 1. The molecule has 0 bridgehead atoms. The molecule has 1 aromatic carbocycles. The van der Waals surface area contributed by atoms with Crippen LogP contribution in [0.2, 0.25) is 5.02 Å². The summed E-state index contributed by atoms with van der Waals surface area (Å²) in [7, 11) is 1.91. The zero-order chi connectivity index (χ0) is 13.3. The van der Waals surface area contributed by atoms with Crippen molar-refractivity contribution in [1.82, 2.24) is 9.78 Å². The Hall–Kier alpha value is -1.32. The van der Waals surface area contributed by atoms with Crippen molar-refractivity contribution < 1.29 is 5.11 Å². The van der Waals surface area contributed by atoms with Gasteiger partial charge in [-0.25, -0.2) is 0 Å². The molecular weight excluding hydrogens is 248 g/mol. The molecule has 0 aliphatic carbocycles. The maximum Gasteiger partial charge on any atom is 0.0846 e. The highest BCUT2D eigenvalue weighted by Crippen LogP contribution is 2.27. The summed E-state index contributed by atoms with van der Waals surface area (Å²) in [5.41, 5.74) is 3.89. The van der Waals surface area contributed by atoms with E-state index in [4.69, 9.17) is 11.6 Å². The number of aliphatic hydroxyl groups excluding tert-OH is 1. The highest BCUT2D eigenvalue weighted by atomic mass is 35.5. The van der Waals surface area contributed by atoms with Crippen LogP contribution in [-0.2, 0) is 13.5 Å². The zero-order valence-corrected chi connectivity index (χ0v) is 11.6. The van der Waals surface area contributed by atoms with Crippen molar-refractivity contribution in [2.24, 2.45) is 7.05 Å². The third-order valence-electron chi connectivity index (χ3n) is 3.32. The molecule has 0 fully saturated rings. The van der Waals surface area contributed by atoms with Gasteiger partial charge in [-0.05, 0) is 31.0 Å². The van der Waals surface area contributed by atoms with E-state index in [0.29, 0.717) is 11.4 Å². The molecule has 1 unspecified atom stereocenters. The fourth-order valence-electron chi connectivity index (χ4n) is 2.16. The molecule has 0 aliphatic heterocycles. The van der Waals surface area contributed by atoms with E-state index in [1.54, 1.807) is 6.07 Å². The molecule has 1 atom stereocenters. The van der Waals surface area contributed by atoms with E-state index >= 15 is 0 Å². The average molecular weight is 265 g/mol. The molecule has 96 valence electrons. The van der Waals surface area contributed by atoms with Crippen LogP contribution in [-0.4, -0.2) is 14.9 Å². The van der Waals surface area contributed by atoms with Crippen LogP contribution in [0.1, 0.15) is 28.6 Å². The molecule has 1 heterocycles. The van der Waals surface area contributed by atoms with E-state index in [1.807, 2.05) is 43.8 Å². The van der Waals surface area contributed by atoms with Crippen molar-refractivity contribution in [3.05, 3.63) is 51.8 Å². The number of hydrogen-bond donors (Lipinski definition) is 1. The lowest BCUT2D eigenvalue weighted by Gasteiger charge is -2.13. The number of benzene rings is 1. The molecule has 3 nitrogen and oxygen atoms in total. The predicted molar refractivity (Wildman–Crippen MR) is 72.8 cm³/mol. The van der Waals surface area contributed by atoms with Crippen molar-refractivity contribution in [1.29, 1.82) is 0 Å². The molecule has 1 N–H and O–H groups in total. The van der Waals surface area contributed by atoms with Crippen molar-refractivity contribution in [2.75, 3.05) is 0 Å². The Kier molecular flexibility index (Phi) is 3.73. The van der Waals surface area contributed by atoms with Crippen LogP contribution < -0.4 is 0 Å². The third-order valence-corrected chi connectivity index (χ3v) is 3.66. The van der Waals surface area contributed by atoms with Gasteiger partial charge in [0.05, 0.1) is 11.8 Å². The van der Waals surface area contributed by atoms with E-state index < -0.39 is 6.10 Å². The molecule has 2 aromatic rings. The summed E-state index contributed by atoms with van der Waals surface area (Å²) in [6.45, 7) is 3.97. The van der Waals surface area contributed by atoms with Gasteiger partial charge in [0.15, 0.2) is 0 Å². The SMILES string of the molecule is Cc1nn(C)c(C)c1CC(O)c1ccccc1Cl. The van der Waals surface area contributed by atoms with Gasteiger partial charge in [-0.3, -0.25) is 4.68 Å². The van der Waals surface area contributed by atoms with E-state index in [0.717, 1.165) is 22.5 Å². The minimum atomic E-state index is -0.597. The van der Waals surface area contributed by atoms with E-state index in [1.165, 1.54) is 0 Å². The summed E-state index contributed by atoms with van der Waals surface area (Å²) in [4.78, 5) is 0. The normalized spacial score (nSPS) is 12.7. The Balaban J connectivity index is 2.27. The number of nitrogens with zero attached hydrogens (tertiary/aromatic N) is 2. The molecule has 0 spiro atoms. The zero-order valence-electron chi connectivity index (χ0n) is 10.8. The molecule has 0 saturated carbocycles. The van der Waals surface area contributed by atoms with Gasteiger partial charge >= 0.3 is 0 Å². The third kappa shape index (κ3) is 2.42. The minimum absolute atomic E-state index is 0.537. The van der Waals surface area contributed by atoms with Gasteiger partial charge < -0.3 is 5.11 Å². The number of aromatic nitrogens is 2. The first kappa shape index (κ1) is 13.1. The fraction of sp³-hybridized carbons (Fsp3) is 0.357. The van der Waals surface area contributed by atoms with Crippen molar-refractivity contribution >= 4 is 11.6 Å². The Morgan fingerprint density at radius 1 is 1.33 bits per heavy atom. The molecule has 18 heavy (non-hydrogen) atoms. The summed E-state index contributed by atoms with van der Waals surface area (Å²) in [5, 5.41) is 15.2. The van der Waals surface area contributed by atoms with Crippen LogP contribution >= 0.6 is 11.6 Å². The van der Waals surface area contributed by atoms with Crippen molar-refractivity contribution in [2.45, 2.75) is 26.4 Å². The van der Waals surface area contributed by atoms with Gasteiger partial charge in [0.2, 0.25) is 0 Å². The van der Waals surface area contributed by atoms with Crippen molar-refractivity contribution in [3.8, 4) is 0 Å². The second-order valence-electron chi connectivity index (χ2n) is 4.51. The van der Waals surface area contributed by atoms with E-state index in [-0.39, 0.29) is 0 Å². The molecule has 2 rings (SSSR count). The smallest absolute Gasteiger partial charge is 0.0846 e. The van der Waals surface area contributed by atoms with Gasteiger partial charge in [-0.15, -0.1) is 0 Å². The van der Waals surface area contributed by atoms with Crippen molar-refractivity contribution in [3.63, 3.8) is 0 Å². The standard InChI is InChI=1S/C14H17ClN2O/c1-9-12(10(2)17(3)16-9)8-14(18)11-6-4-5-7-13(11)15/h4-7,14,18H,8H2,1-3H3. The quantitative estimate of drug-likeness (QED) is 0.926. The second-order valence-corrected chi connectivity index (χ2v) is 4.92. The summed E-state index contributed by atoms with van der Waals surface area (Å²) >= 11 is 6.09. The Morgan fingerprint density at radius 3 is 2.56 bits per heavy atom. The highest BCUT2D eigenvalue weighted by molar-refractivity contribution is 6.31. The van der Waals surface area contributed by atoms with Crippen LogP contribution in [0.4, 0.5) is 0 Å². The summed E-state index contributed by atoms with van der Waals surface area (Å²) in [6.07, 6.45) is -0.0600. The average Bonchev–Trinajstić information content (AvgIpc) is 2.56. The van der Waals surface area contributed by atoms with Crippen LogP contribution in [0.15, 0.2) is 24.3 Å². The lowest BCUT2D eigenvalue weighted by atomic mass is 10.0. The maximum atomic E-state index is 10.3. The van der Waals surface area contributed by atoms with Gasteiger partial charge in [0, 0.05) is 24.2 Å².